The van der Waals surface area contributed by atoms with Crippen LogP contribution in [0.3, 0.4) is 0 Å². The fraction of sp³-hybridized carbons (Fsp3) is 0.200. The molecule has 0 bridgehead atoms. The van der Waals surface area contributed by atoms with E-state index in [1.165, 1.54) is 10.8 Å². The Morgan fingerprint density at radius 2 is 1.65 bits per heavy atom. The molecule has 2 aromatic carbocycles. The molecular weight excluding hydrogens is 224 g/mol. The molecule has 0 unspecified atom stereocenters. The topological polar surface area (TPSA) is 9.23 Å². The van der Waals surface area contributed by atoms with Gasteiger partial charge in [-0.15, -0.1) is 0 Å². The molecule has 0 radical (unpaired) electrons. The highest BCUT2D eigenvalue weighted by Crippen LogP contribution is 2.26. The van der Waals surface area contributed by atoms with Crippen molar-refractivity contribution in [3.05, 3.63) is 54.6 Å². The average Bonchev–Trinajstić information content (AvgIpc) is 2.26. The highest BCUT2D eigenvalue weighted by Gasteiger charge is 2.18. The maximum Gasteiger partial charge on any atom is 0.242 e. The number of rotatable bonds is 3. The fourth-order valence-corrected chi connectivity index (χ4v) is 2.74. The summed E-state index contributed by atoms with van der Waals surface area (Å²) in [6, 6.07) is 14.6. The minimum Gasteiger partial charge on any atom is -0.544 e. The zero-order chi connectivity index (χ0) is 12.5. The summed E-state index contributed by atoms with van der Waals surface area (Å²) in [5, 5.41) is 2.43. The number of hydrogen-bond donors (Lipinski definition) is 0. The summed E-state index contributed by atoms with van der Waals surface area (Å²) in [6.45, 7) is 10.6. The SMILES string of the molecule is C=C(O[Si](C)(C)C)c1cccc2ccccc12. The average molecular weight is 242 g/mol. The second kappa shape index (κ2) is 4.38. The summed E-state index contributed by atoms with van der Waals surface area (Å²) < 4.78 is 5.98. The molecular formula is C15H18OSi. The van der Waals surface area contributed by atoms with Crippen LogP contribution >= 0.6 is 0 Å². The highest BCUT2D eigenvalue weighted by atomic mass is 28.4. The van der Waals surface area contributed by atoms with Gasteiger partial charge in [0.2, 0.25) is 8.32 Å². The van der Waals surface area contributed by atoms with E-state index < -0.39 is 8.32 Å². The quantitative estimate of drug-likeness (QED) is 0.562. The molecule has 0 aliphatic heterocycles. The third-order valence-corrected chi connectivity index (χ3v) is 3.38. The molecule has 2 heteroatoms. The molecule has 2 aromatic rings. The first-order valence-corrected chi connectivity index (χ1v) is 9.24. The summed E-state index contributed by atoms with van der Waals surface area (Å²) in [7, 11) is -1.59. The first kappa shape index (κ1) is 11.9. The molecule has 17 heavy (non-hydrogen) atoms. The molecule has 0 N–H and O–H groups in total. The van der Waals surface area contributed by atoms with Gasteiger partial charge < -0.3 is 4.43 Å². The zero-order valence-electron chi connectivity index (χ0n) is 10.7. The van der Waals surface area contributed by atoms with E-state index in [0.717, 1.165) is 11.3 Å². The van der Waals surface area contributed by atoms with Crippen molar-refractivity contribution in [1.29, 1.82) is 0 Å². The largest absolute Gasteiger partial charge is 0.544 e. The first-order valence-electron chi connectivity index (χ1n) is 5.83. The van der Waals surface area contributed by atoms with Gasteiger partial charge in [-0.2, -0.15) is 0 Å². The molecule has 0 heterocycles. The van der Waals surface area contributed by atoms with Crippen molar-refractivity contribution in [1.82, 2.24) is 0 Å². The van der Waals surface area contributed by atoms with Crippen molar-refractivity contribution in [3.8, 4) is 0 Å². The van der Waals surface area contributed by atoms with Crippen LogP contribution < -0.4 is 0 Å². The molecule has 0 amide bonds. The minimum atomic E-state index is -1.59. The lowest BCUT2D eigenvalue weighted by Gasteiger charge is -2.22. The molecule has 88 valence electrons. The third kappa shape index (κ3) is 2.77. The van der Waals surface area contributed by atoms with Gasteiger partial charge in [0.25, 0.3) is 0 Å². The molecule has 0 aromatic heterocycles. The van der Waals surface area contributed by atoms with Crippen LogP contribution in [0.2, 0.25) is 19.6 Å². The Kier molecular flexibility index (Phi) is 3.07. The second-order valence-corrected chi connectivity index (χ2v) is 9.59. The third-order valence-electron chi connectivity index (χ3n) is 2.52. The number of hydrogen-bond acceptors (Lipinski definition) is 1. The minimum absolute atomic E-state index is 0.793. The zero-order valence-corrected chi connectivity index (χ0v) is 11.7. The van der Waals surface area contributed by atoms with Crippen molar-refractivity contribution in [3.63, 3.8) is 0 Å². The van der Waals surface area contributed by atoms with Crippen molar-refractivity contribution in [2.24, 2.45) is 0 Å². The van der Waals surface area contributed by atoms with Gasteiger partial charge in [0, 0.05) is 5.56 Å². The van der Waals surface area contributed by atoms with E-state index in [9.17, 15) is 0 Å². The Labute approximate surface area is 104 Å². The monoisotopic (exact) mass is 242 g/mol. The predicted molar refractivity (Wildman–Crippen MR) is 77.4 cm³/mol. The van der Waals surface area contributed by atoms with Gasteiger partial charge in [0.15, 0.2) is 0 Å². The van der Waals surface area contributed by atoms with E-state index >= 15 is 0 Å². The van der Waals surface area contributed by atoms with Gasteiger partial charge >= 0.3 is 0 Å². The predicted octanol–water partition coefficient (Wildman–Crippen LogP) is 4.66. The van der Waals surface area contributed by atoms with Crippen molar-refractivity contribution in [2.45, 2.75) is 19.6 Å². The molecule has 1 nitrogen and oxygen atoms in total. The summed E-state index contributed by atoms with van der Waals surface area (Å²) in [5.41, 5.74) is 1.10. The van der Waals surface area contributed by atoms with E-state index in [4.69, 9.17) is 4.43 Å². The Balaban J connectivity index is 2.45. The van der Waals surface area contributed by atoms with Crippen LogP contribution in [0.25, 0.3) is 16.5 Å². The van der Waals surface area contributed by atoms with Crippen LogP contribution in [0, 0.1) is 0 Å². The van der Waals surface area contributed by atoms with Gasteiger partial charge in [0.05, 0.1) is 0 Å². The van der Waals surface area contributed by atoms with Crippen molar-refractivity contribution < 1.29 is 4.43 Å². The molecule has 2 rings (SSSR count). The van der Waals surface area contributed by atoms with Gasteiger partial charge in [-0.1, -0.05) is 49.0 Å². The lowest BCUT2D eigenvalue weighted by atomic mass is 10.0. The van der Waals surface area contributed by atoms with E-state index in [1.807, 2.05) is 12.1 Å². The second-order valence-electron chi connectivity index (χ2n) is 5.16. The highest BCUT2D eigenvalue weighted by molar-refractivity contribution is 6.70. The Morgan fingerprint density at radius 1 is 1.00 bits per heavy atom. The van der Waals surface area contributed by atoms with Crippen molar-refractivity contribution in [2.75, 3.05) is 0 Å². The molecule has 0 spiro atoms. The molecule has 0 fully saturated rings. The first-order chi connectivity index (χ1) is 7.97. The Morgan fingerprint density at radius 3 is 2.35 bits per heavy atom. The molecule has 0 aliphatic rings. The molecule has 0 saturated heterocycles. The molecule has 0 saturated carbocycles. The summed E-state index contributed by atoms with van der Waals surface area (Å²) in [4.78, 5) is 0. The number of fused-ring (bicyclic) bond motifs is 1. The lowest BCUT2D eigenvalue weighted by Crippen LogP contribution is -2.24. The molecule has 0 aliphatic carbocycles. The van der Waals surface area contributed by atoms with E-state index in [2.05, 4.69) is 56.6 Å². The Hall–Kier alpha value is -1.54. The van der Waals surface area contributed by atoms with Crippen molar-refractivity contribution >= 4 is 24.8 Å². The van der Waals surface area contributed by atoms with Gasteiger partial charge in [-0.25, -0.2) is 0 Å². The lowest BCUT2D eigenvalue weighted by molar-refractivity contribution is 0.517. The van der Waals surface area contributed by atoms with Crippen LogP contribution in [0.15, 0.2) is 49.0 Å². The van der Waals surface area contributed by atoms with Gasteiger partial charge in [-0.3, -0.25) is 0 Å². The van der Waals surface area contributed by atoms with Crippen LogP contribution in [0.1, 0.15) is 5.56 Å². The smallest absolute Gasteiger partial charge is 0.242 e. The summed E-state index contributed by atoms with van der Waals surface area (Å²) in [6.07, 6.45) is 0. The summed E-state index contributed by atoms with van der Waals surface area (Å²) in [5.74, 6) is 0.793. The van der Waals surface area contributed by atoms with Crippen LogP contribution in [0.4, 0.5) is 0 Å². The van der Waals surface area contributed by atoms with E-state index in [-0.39, 0.29) is 0 Å². The summed E-state index contributed by atoms with van der Waals surface area (Å²) >= 11 is 0. The van der Waals surface area contributed by atoms with E-state index in [1.54, 1.807) is 0 Å². The fourth-order valence-electron chi connectivity index (χ4n) is 1.89. The van der Waals surface area contributed by atoms with E-state index in [0.29, 0.717) is 0 Å². The van der Waals surface area contributed by atoms with Gasteiger partial charge in [-0.05, 0) is 30.4 Å². The van der Waals surface area contributed by atoms with Crippen LogP contribution in [-0.4, -0.2) is 8.32 Å². The van der Waals surface area contributed by atoms with Crippen LogP contribution in [0.5, 0.6) is 0 Å². The number of benzene rings is 2. The maximum atomic E-state index is 5.98. The normalized spacial score (nSPS) is 11.5. The maximum absolute atomic E-state index is 5.98. The Bertz CT molecular complexity index is 547. The standard InChI is InChI=1S/C15H18OSi/c1-12(16-17(2,3)4)14-11-7-9-13-8-5-6-10-15(13)14/h5-11H,1H2,2-4H3. The van der Waals surface area contributed by atoms with Crippen LogP contribution in [-0.2, 0) is 4.43 Å². The molecule has 0 atom stereocenters. The van der Waals surface area contributed by atoms with Gasteiger partial charge in [0.1, 0.15) is 5.76 Å².